The van der Waals surface area contributed by atoms with Crippen LogP contribution in [0.5, 0.6) is 0 Å². The van der Waals surface area contributed by atoms with Gasteiger partial charge in [-0.25, -0.2) is 8.42 Å². The molecule has 0 aromatic rings. The average molecular weight is 254 g/mol. The van der Waals surface area contributed by atoms with Crippen molar-refractivity contribution in [3.8, 4) is 0 Å². The van der Waals surface area contributed by atoms with Gasteiger partial charge in [-0.15, -0.1) is 0 Å². The van der Waals surface area contributed by atoms with Crippen molar-refractivity contribution in [2.75, 3.05) is 52.8 Å². The number of ether oxygens (including phenoxy) is 2. The highest BCUT2D eigenvalue weighted by atomic mass is 32.2. The molecule has 98 valence electrons. The van der Waals surface area contributed by atoms with E-state index in [9.17, 15) is 8.42 Å². The lowest BCUT2D eigenvalue weighted by Crippen LogP contribution is -2.39. The Kier molecular flexibility index (Phi) is 8.77. The van der Waals surface area contributed by atoms with Crippen LogP contribution in [0.15, 0.2) is 0 Å². The summed E-state index contributed by atoms with van der Waals surface area (Å²) >= 11 is 0. The minimum atomic E-state index is -3.24. The van der Waals surface area contributed by atoms with E-state index in [4.69, 9.17) is 15.2 Å². The van der Waals surface area contributed by atoms with Crippen LogP contribution in [0.3, 0.4) is 0 Å². The maximum absolute atomic E-state index is 11.9. The molecule has 0 spiro atoms. The molecular formula is C9H22N2O4S. The van der Waals surface area contributed by atoms with Crippen LogP contribution in [0, 0.1) is 0 Å². The van der Waals surface area contributed by atoms with Crippen LogP contribution in [-0.2, 0) is 19.5 Å². The number of rotatable bonds is 10. The quantitative estimate of drug-likeness (QED) is 0.519. The van der Waals surface area contributed by atoms with Gasteiger partial charge in [0.25, 0.3) is 0 Å². The average Bonchev–Trinajstić information content (AvgIpc) is 2.24. The Hall–Kier alpha value is -0.210. The summed E-state index contributed by atoms with van der Waals surface area (Å²) in [6.07, 6.45) is 0.493. The zero-order valence-corrected chi connectivity index (χ0v) is 10.8. The zero-order valence-electron chi connectivity index (χ0n) is 10.0. The van der Waals surface area contributed by atoms with E-state index in [1.807, 2.05) is 0 Å². The van der Waals surface area contributed by atoms with E-state index in [0.717, 1.165) is 0 Å². The zero-order chi connectivity index (χ0) is 12.4. The number of methoxy groups -OCH3 is 2. The lowest BCUT2D eigenvalue weighted by atomic mass is 10.5. The third kappa shape index (κ3) is 6.39. The minimum absolute atomic E-state index is 0.0879. The van der Waals surface area contributed by atoms with E-state index in [1.54, 1.807) is 7.11 Å². The molecule has 0 amide bonds. The summed E-state index contributed by atoms with van der Waals surface area (Å²) in [5.74, 6) is 0.0879. The van der Waals surface area contributed by atoms with Crippen LogP contribution in [-0.4, -0.2) is 65.5 Å². The smallest absolute Gasteiger partial charge is 0.214 e. The van der Waals surface area contributed by atoms with E-state index in [-0.39, 0.29) is 5.75 Å². The Bertz CT molecular complexity index is 256. The summed E-state index contributed by atoms with van der Waals surface area (Å²) in [5, 5.41) is 0. The number of nitrogens with two attached hydrogens (primary N) is 1. The number of hydrogen-bond donors (Lipinski definition) is 1. The predicted molar refractivity (Wildman–Crippen MR) is 62.8 cm³/mol. The molecule has 0 aliphatic carbocycles. The highest BCUT2D eigenvalue weighted by molar-refractivity contribution is 7.89. The second-order valence-electron chi connectivity index (χ2n) is 3.34. The first-order chi connectivity index (χ1) is 7.58. The topological polar surface area (TPSA) is 81.9 Å². The Morgan fingerprint density at radius 1 is 1.12 bits per heavy atom. The molecule has 0 bridgehead atoms. The fraction of sp³-hybridized carbons (Fsp3) is 1.00. The van der Waals surface area contributed by atoms with Crippen molar-refractivity contribution in [3.05, 3.63) is 0 Å². The molecule has 0 rings (SSSR count). The molecule has 0 heterocycles. The molecule has 0 radical (unpaired) electrons. The highest BCUT2D eigenvalue weighted by Crippen LogP contribution is 2.03. The van der Waals surface area contributed by atoms with Crippen LogP contribution in [0.2, 0.25) is 0 Å². The molecule has 0 saturated heterocycles. The van der Waals surface area contributed by atoms with Crippen LogP contribution >= 0.6 is 0 Å². The molecular weight excluding hydrogens is 232 g/mol. The largest absolute Gasteiger partial charge is 0.385 e. The van der Waals surface area contributed by atoms with Gasteiger partial charge in [-0.05, 0) is 6.42 Å². The first-order valence-corrected chi connectivity index (χ1v) is 6.85. The van der Waals surface area contributed by atoms with Crippen molar-refractivity contribution < 1.29 is 17.9 Å². The second kappa shape index (κ2) is 8.89. The Morgan fingerprint density at radius 2 is 1.75 bits per heavy atom. The van der Waals surface area contributed by atoms with Crippen molar-refractivity contribution in [2.24, 2.45) is 5.73 Å². The summed E-state index contributed by atoms with van der Waals surface area (Å²) < 4.78 is 34.8. The maximum Gasteiger partial charge on any atom is 0.214 e. The molecule has 7 heteroatoms. The van der Waals surface area contributed by atoms with Crippen LogP contribution in [0.1, 0.15) is 6.42 Å². The Balaban J connectivity index is 4.25. The van der Waals surface area contributed by atoms with E-state index in [1.165, 1.54) is 11.4 Å². The van der Waals surface area contributed by atoms with Crippen molar-refractivity contribution in [1.29, 1.82) is 0 Å². The van der Waals surface area contributed by atoms with Gasteiger partial charge in [-0.3, -0.25) is 0 Å². The van der Waals surface area contributed by atoms with Crippen LogP contribution in [0.4, 0.5) is 0 Å². The molecule has 16 heavy (non-hydrogen) atoms. The maximum atomic E-state index is 11.9. The van der Waals surface area contributed by atoms with Gasteiger partial charge in [0.1, 0.15) is 0 Å². The van der Waals surface area contributed by atoms with Gasteiger partial charge >= 0.3 is 0 Å². The minimum Gasteiger partial charge on any atom is -0.385 e. The summed E-state index contributed by atoms with van der Waals surface area (Å²) in [7, 11) is -0.145. The van der Waals surface area contributed by atoms with Gasteiger partial charge in [0.05, 0.1) is 12.4 Å². The number of sulfonamides is 1. The molecule has 0 atom stereocenters. The van der Waals surface area contributed by atoms with E-state index in [0.29, 0.717) is 39.3 Å². The monoisotopic (exact) mass is 254 g/mol. The number of hydrogen-bond acceptors (Lipinski definition) is 5. The molecule has 0 aromatic heterocycles. The summed E-state index contributed by atoms with van der Waals surface area (Å²) in [6.45, 7) is 1.82. The normalized spacial score (nSPS) is 12.2. The molecule has 0 aromatic carbocycles. The standard InChI is InChI=1S/C9H22N2O4S/c1-14-7-3-9-16(12,13)11(5-4-10)6-8-15-2/h3-10H2,1-2H3. The fourth-order valence-corrected chi connectivity index (χ4v) is 2.72. The van der Waals surface area contributed by atoms with E-state index < -0.39 is 10.0 Å². The molecule has 0 saturated carbocycles. The first kappa shape index (κ1) is 15.8. The lowest BCUT2D eigenvalue weighted by molar-refractivity contribution is 0.179. The molecule has 6 nitrogen and oxygen atoms in total. The van der Waals surface area contributed by atoms with Crippen LogP contribution in [0.25, 0.3) is 0 Å². The van der Waals surface area contributed by atoms with Crippen molar-refractivity contribution >= 4 is 10.0 Å². The SMILES string of the molecule is COCCCS(=O)(=O)N(CCN)CCOC. The Morgan fingerprint density at radius 3 is 2.25 bits per heavy atom. The van der Waals surface area contributed by atoms with Gasteiger partial charge in [0, 0.05) is 40.5 Å². The van der Waals surface area contributed by atoms with Gasteiger partial charge < -0.3 is 15.2 Å². The lowest BCUT2D eigenvalue weighted by Gasteiger charge is -2.20. The summed E-state index contributed by atoms with van der Waals surface area (Å²) in [4.78, 5) is 0. The first-order valence-electron chi connectivity index (χ1n) is 5.24. The molecule has 0 fully saturated rings. The molecule has 0 aliphatic heterocycles. The highest BCUT2D eigenvalue weighted by Gasteiger charge is 2.20. The number of nitrogens with zero attached hydrogens (tertiary/aromatic N) is 1. The van der Waals surface area contributed by atoms with Crippen LogP contribution < -0.4 is 5.73 Å². The van der Waals surface area contributed by atoms with Crippen molar-refractivity contribution in [2.45, 2.75) is 6.42 Å². The fourth-order valence-electron chi connectivity index (χ4n) is 1.24. The van der Waals surface area contributed by atoms with Crippen molar-refractivity contribution in [3.63, 3.8) is 0 Å². The second-order valence-corrected chi connectivity index (χ2v) is 5.43. The summed E-state index contributed by atoms with van der Waals surface area (Å²) in [5.41, 5.74) is 5.38. The van der Waals surface area contributed by atoms with Crippen molar-refractivity contribution in [1.82, 2.24) is 4.31 Å². The summed E-state index contributed by atoms with van der Waals surface area (Å²) in [6, 6.07) is 0. The van der Waals surface area contributed by atoms with Gasteiger partial charge in [-0.2, -0.15) is 4.31 Å². The van der Waals surface area contributed by atoms with Gasteiger partial charge in [-0.1, -0.05) is 0 Å². The van der Waals surface area contributed by atoms with E-state index >= 15 is 0 Å². The molecule has 2 N–H and O–H groups in total. The van der Waals surface area contributed by atoms with Gasteiger partial charge in [0.15, 0.2) is 0 Å². The van der Waals surface area contributed by atoms with Gasteiger partial charge in [0.2, 0.25) is 10.0 Å². The molecule has 0 unspecified atom stereocenters. The molecule has 0 aliphatic rings. The predicted octanol–water partition coefficient (Wildman–Crippen LogP) is -0.740. The van der Waals surface area contributed by atoms with E-state index in [2.05, 4.69) is 0 Å². The Labute approximate surface area is 97.7 Å². The third-order valence-corrected chi connectivity index (χ3v) is 4.02. The third-order valence-electron chi connectivity index (χ3n) is 2.07.